The summed E-state index contributed by atoms with van der Waals surface area (Å²) in [6.45, 7) is 0.526. The standard InChI is InChI=1S/C11H11BrO5S/c12-9-3-7-1-2-17-11(7)8(4-9)5-18(15,16)6-10(13)14/h3-4H,1-2,5-6H2,(H,13,14). The molecular formula is C11H11BrO5S. The van der Waals surface area contributed by atoms with Crippen molar-refractivity contribution in [1.29, 1.82) is 0 Å². The molecule has 1 aliphatic rings. The van der Waals surface area contributed by atoms with Gasteiger partial charge in [0, 0.05) is 16.5 Å². The van der Waals surface area contributed by atoms with E-state index in [0.717, 1.165) is 16.5 Å². The lowest BCUT2D eigenvalue weighted by molar-refractivity contribution is -0.134. The van der Waals surface area contributed by atoms with Gasteiger partial charge in [0.25, 0.3) is 0 Å². The number of benzene rings is 1. The molecule has 0 bridgehead atoms. The van der Waals surface area contributed by atoms with E-state index in [1.165, 1.54) is 0 Å². The second kappa shape index (κ2) is 4.89. The van der Waals surface area contributed by atoms with E-state index in [1.807, 2.05) is 6.07 Å². The summed E-state index contributed by atoms with van der Waals surface area (Å²) in [6.07, 6.45) is 0.737. The number of aliphatic carboxylic acids is 1. The molecular weight excluding hydrogens is 324 g/mol. The van der Waals surface area contributed by atoms with Crippen molar-refractivity contribution in [2.75, 3.05) is 12.4 Å². The third-order valence-corrected chi connectivity index (χ3v) is 4.44. The highest BCUT2D eigenvalue weighted by Gasteiger charge is 2.23. The van der Waals surface area contributed by atoms with Gasteiger partial charge in [-0.05, 0) is 17.7 Å². The predicted molar refractivity (Wildman–Crippen MR) is 68.5 cm³/mol. The van der Waals surface area contributed by atoms with Crippen molar-refractivity contribution < 1.29 is 23.1 Å². The number of carboxylic acid groups (broad SMARTS) is 1. The van der Waals surface area contributed by atoms with E-state index in [4.69, 9.17) is 9.84 Å². The summed E-state index contributed by atoms with van der Waals surface area (Å²) in [4.78, 5) is 10.5. The zero-order valence-corrected chi connectivity index (χ0v) is 11.8. The molecule has 1 N–H and O–H groups in total. The van der Waals surface area contributed by atoms with Crippen LogP contribution in [0.1, 0.15) is 11.1 Å². The van der Waals surface area contributed by atoms with Gasteiger partial charge in [-0.1, -0.05) is 15.9 Å². The topological polar surface area (TPSA) is 80.7 Å². The molecule has 5 nitrogen and oxygen atoms in total. The Balaban J connectivity index is 2.33. The largest absolute Gasteiger partial charge is 0.493 e. The van der Waals surface area contributed by atoms with Crippen LogP contribution in [-0.4, -0.2) is 31.9 Å². The van der Waals surface area contributed by atoms with Crippen LogP contribution in [-0.2, 0) is 26.8 Å². The van der Waals surface area contributed by atoms with Crippen LogP contribution in [0, 0.1) is 0 Å². The van der Waals surface area contributed by atoms with Crippen molar-refractivity contribution in [3.05, 3.63) is 27.7 Å². The number of sulfone groups is 1. The predicted octanol–water partition coefficient (Wildman–Crippen LogP) is 1.38. The van der Waals surface area contributed by atoms with Gasteiger partial charge in [0.1, 0.15) is 11.5 Å². The lowest BCUT2D eigenvalue weighted by atomic mass is 10.1. The monoisotopic (exact) mass is 334 g/mol. The molecule has 0 saturated heterocycles. The SMILES string of the molecule is O=C(O)CS(=O)(=O)Cc1cc(Br)cc2c1OCC2. The summed E-state index contributed by atoms with van der Waals surface area (Å²) in [5.74, 6) is -1.95. The average Bonchev–Trinajstić information content (AvgIpc) is 2.61. The molecule has 7 heteroatoms. The van der Waals surface area contributed by atoms with Crippen molar-refractivity contribution >= 4 is 31.7 Å². The van der Waals surface area contributed by atoms with E-state index in [2.05, 4.69) is 15.9 Å². The fraction of sp³-hybridized carbons (Fsp3) is 0.364. The number of ether oxygens (including phenoxy) is 1. The summed E-state index contributed by atoms with van der Waals surface area (Å²) in [5.41, 5.74) is 1.46. The maximum atomic E-state index is 11.7. The summed E-state index contributed by atoms with van der Waals surface area (Å²) in [6, 6.07) is 3.54. The van der Waals surface area contributed by atoms with Crippen LogP contribution in [0.25, 0.3) is 0 Å². The van der Waals surface area contributed by atoms with Gasteiger partial charge in [-0.25, -0.2) is 8.42 Å². The van der Waals surface area contributed by atoms with Crippen LogP contribution in [0.4, 0.5) is 0 Å². The summed E-state index contributed by atoms with van der Waals surface area (Å²) in [7, 11) is -3.67. The number of rotatable bonds is 4. The molecule has 0 aromatic heterocycles. The first-order chi connectivity index (χ1) is 8.37. The van der Waals surface area contributed by atoms with Crippen molar-refractivity contribution in [3.8, 4) is 5.75 Å². The molecule has 1 heterocycles. The highest BCUT2D eigenvalue weighted by Crippen LogP contribution is 2.34. The first kappa shape index (κ1) is 13.4. The number of halogens is 1. The molecule has 0 spiro atoms. The van der Waals surface area contributed by atoms with E-state index in [9.17, 15) is 13.2 Å². The number of hydrogen-bond donors (Lipinski definition) is 1. The van der Waals surface area contributed by atoms with Gasteiger partial charge in [-0.2, -0.15) is 0 Å². The zero-order chi connectivity index (χ0) is 13.3. The van der Waals surface area contributed by atoms with E-state index in [0.29, 0.717) is 17.9 Å². The molecule has 0 saturated carbocycles. The molecule has 1 aromatic rings. The van der Waals surface area contributed by atoms with Crippen molar-refractivity contribution in [2.45, 2.75) is 12.2 Å². The Morgan fingerprint density at radius 2 is 2.17 bits per heavy atom. The van der Waals surface area contributed by atoms with Crippen LogP contribution in [0.3, 0.4) is 0 Å². The molecule has 1 aromatic carbocycles. The first-order valence-corrected chi connectivity index (χ1v) is 7.85. The quantitative estimate of drug-likeness (QED) is 0.899. The van der Waals surface area contributed by atoms with Crippen LogP contribution in [0.2, 0.25) is 0 Å². The number of carbonyl (C=O) groups is 1. The Kier molecular flexibility index (Phi) is 3.63. The van der Waals surface area contributed by atoms with Gasteiger partial charge < -0.3 is 9.84 Å². The van der Waals surface area contributed by atoms with E-state index in [-0.39, 0.29) is 5.75 Å². The van der Waals surface area contributed by atoms with Gasteiger partial charge in [0.15, 0.2) is 9.84 Å². The maximum absolute atomic E-state index is 11.7. The molecule has 0 unspecified atom stereocenters. The molecule has 18 heavy (non-hydrogen) atoms. The highest BCUT2D eigenvalue weighted by atomic mass is 79.9. The minimum absolute atomic E-state index is 0.318. The second-order valence-corrected chi connectivity index (χ2v) is 7.06. The number of fused-ring (bicyclic) bond motifs is 1. The summed E-state index contributed by atoms with van der Waals surface area (Å²) < 4.78 is 29.5. The number of carboxylic acids is 1. The molecule has 1 aliphatic heterocycles. The number of hydrogen-bond acceptors (Lipinski definition) is 4. The third-order valence-electron chi connectivity index (χ3n) is 2.54. The highest BCUT2D eigenvalue weighted by molar-refractivity contribution is 9.10. The Labute approximate surface area is 113 Å². The van der Waals surface area contributed by atoms with Crippen LogP contribution < -0.4 is 4.74 Å². The average molecular weight is 335 g/mol. The Bertz CT molecular complexity index is 594. The minimum atomic E-state index is -3.67. The van der Waals surface area contributed by atoms with Gasteiger partial charge in [0.2, 0.25) is 0 Å². The molecule has 0 radical (unpaired) electrons. The normalized spacial score (nSPS) is 14.1. The molecule has 98 valence electrons. The van der Waals surface area contributed by atoms with Crippen molar-refractivity contribution in [3.63, 3.8) is 0 Å². The lowest BCUT2D eigenvalue weighted by Crippen LogP contribution is -2.17. The van der Waals surface area contributed by atoms with Crippen LogP contribution in [0.5, 0.6) is 5.75 Å². The summed E-state index contributed by atoms with van der Waals surface area (Å²) >= 11 is 3.31. The molecule has 2 rings (SSSR count). The molecule has 0 aliphatic carbocycles. The zero-order valence-electron chi connectivity index (χ0n) is 9.35. The molecule has 0 amide bonds. The van der Waals surface area contributed by atoms with Crippen molar-refractivity contribution in [2.24, 2.45) is 0 Å². The molecule has 0 fully saturated rings. The lowest BCUT2D eigenvalue weighted by Gasteiger charge is -2.09. The fourth-order valence-corrected chi connectivity index (χ4v) is 3.65. The third kappa shape index (κ3) is 3.02. The van der Waals surface area contributed by atoms with E-state index >= 15 is 0 Å². The Morgan fingerprint density at radius 1 is 1.44 bits per heavy atom. The van der Waals surface area contributed by atoms with Gasteiger partial charge in [0.05, 0.1) is 12.4 Å². The van der Waals surface area contributed by atoms with Gasteiger partial charge >= 0.3 is 5.97 Å². The Hall–Kier alpha value is -1.08. The first-order valence-electron chi connectivity index (χ1n) is 5.24. The minimum Gasteiger partial charge on any atom is -0.493 e. The van der Waals surface area contributed by atoms with E-state index < -0.39 is 21.6 Å². The van der Waals surface area contributed by atoms with Gasteiger partial charge in [-0.3, -0.25) is 4.79 Å². The smallest absolute Gasteiger partial charge is 0.318 e. The maximum Gasteiger partial charge on any atom is 0.318 e. The second-order valence-electron chi connectivity index (χ2n) is 4.08. The van der Waals surface area contributed by atoms with E-state index in [1.54, 1.807) is 6.07 Å². The van der Waals surface area contributed by atoms with Gasteiger partial charge in [-0.15, -0.1) is 0 Å². The molecule has 0 atom stereocenters. The van der Waals surface area contributed by atoms with Crippen LogP contribution >= 0.6 is 15.9 Å². The Morgan fingerprint density at radius 3 is 2.83 bits per heavy atom. The van der Waals surface area contributed by atoms with Crippen molar-refractivity contribution in [1.82, 2.24) is 0 Å². The van der Waals surface area contributed by atoms with Crippen LogP contribution in [0.15, 0.2) is 16.6 Å². The summed E-state index contributed by atoms with van der Waals surface area (Å²) in [5, 5.41) is 8.56. The fourth-order valence-electron chi connectivity index (χ4n) is 1.93.